The van der Waals surface area contributed by atoms with Gasteiger partial charge in [0.25, 0.3) is 0 Å². The largest absolute Gasteiger partial charge is 0.456 e. The van der Waals surface area contributed by atoms with Crippen molar-refractivity contribution in [3.05, 3.63) is 267 Å². The smallest absolute Gasteiger partial charge is 0.179 e. The number of anilines is 3. The first-order chi connectivity index (χ1) is 33.7. The van der Waals surface area contributed by atoms with E-state index in [1.165, 1.54) is 53.4 Å². The summed E-state index contributed by atoms with van der Waals surface area (Å²) in [7, 11) is -2.87. The van der Waals surface area contributed by atoms with Crippen LogP contribution in [0.4, 0.5) is 17.1 Å². The second kappa shape index (κ2) is 16.3. The molecule has 4 heteroatoms. The van der Waals surface area contributed by atoms with Crippen molar-refractivity contribution in [2.24, 2.45) is 0 Å². The third-order valence-electron chi connectivity index (χ3n) is 13.9. The first-order valence-corrected chi connectivity index (χ1v) is 25.3. The Bertz CT molecular complexity index is 3870. The first kappa shape index (κ1) is 39.6. The summed E-state index contributed by atoms with van der Waals surface area (Å²) in [6, 6.07) is 98.0. The molecule has 13 rings (SSSR count). The van der Waals surface area contributed by atoms with Gasteiger partial charge in [0.2, 0.25) is 0 Å². The van der Waals surface area contributed by atoms with Crippen LogP contribution in [0.1, 0.15) is 0 Å². The SMILES string of the molecule is c1ccc([Si](c2ccccc2)(c2ccccc2)c2cccc(N(c3ccc(-c4cccc5ccccc45)cc3)c3cccc4c3c3ccccc3n4-c3ccc4oc5ccccc5c4c3)c2)cc1. The van der Waals surface area contributed by atoms with Crippen LogP contribution >= 0.6 is 0 Å². The lowest BCUT2D eigenvalue weighted by atomic mass is 9.98. The average Bonchev–Trinajstić information content (AvgIpc) is 3.96. The number of rotatable bonds is 9. The minimum absolute atomic E-state index is 0.885. The zero-order valence-electron chi connectivity index (χ0n) is 37.2. The van der Waals surface area contributed by atoms with Crippen molar-refractivity contribution in [2.45, 2.75) is 0 Å². The fraction of sp³-hybridized carbons (Fsp3) is 0. The van der Waals surface area contributed by atoms with Crippen molar-refractivity contribution in [3.63, 3.8) is 0 Å². The van der Waals surface area contributed by atoms with Crippen LogP contribution in [0.15, 0.2) is 271 Å². The second-order valence-electron chi connectivity index (χ2n) is 17.6. The molecule has 0 spiro atoms. The van der Waals surface area contributed by atoms with Crippen LogP contribution < -0.4 is 25.6 Å². The van der Waals surface area contributed by atoms with Gasteiger partial charge in [-0.15, -0.1) is 0 Å². The zero-order valence-corrected chi connectivity index (χ0v) is 38.2. The molecule has 0 unspecified atom stereocenters. The van der Waals surface area contributed by atoms with Crippen LogP contribution in [0, 0.1) is 0 Å². The summed E-state index contributed by atoms with van der Waals surface area (Å²) in [6.45, 7) is 0. The van der Waals surface area contributed by atoms with Crippen LogP contribution in [0.3, 0.4) is 0 Å². The summed E-state index contributed by atoms with van der Waals surface area (Å²) < 4.78 is 8.73. The number of aromatic nitrogens is 1. The number of hydrogen-bond acceptors (Lipinski definition) is 2. The predicted molar refractivity (Wildman–Crippen MR) is 289 cm³/mol. The topological polar surface area (TPSA) is 21.3 Å². The molecule has 0 aliphatic rings. The summed E-state index contributed by atoms with van der Waals surface area (Å²) >= 11 is 0. The Morgan fingerprint density at radius 1 is 0.353 bits per heavy atom. The van der Waals surface area contributed by atoms with Gasteiger partial charge in [-0.2, -0.15) is 0 Å². The monoisotopic (exact) mass is 884 g/mol. The van der Waals surface area contributed by atoms with E-state index >= 15 is 0 Å². The van der Waals surface area contributed by atoms with E-state index in [-0.39, 0.29) is 0 Å². The molecule has 0 N–H and O–H groups in total. The van der Waals surface area contributed by atoms with E-state index in [2.05, 4.69) is 264 Å². The molecule has 0 aliphatic carbocycles. The highest BCUT2D eigenvalue weighted by Crippen LogP contribution is 2.45. The molecule has 0 saturated carbocycles. The Morgan fingerprint density at radius 3 is 1.65 bits per heavy atom. The Labute approximate surface area is 396 Å². The van der Waals surface area contributed by atoms with Crippen LogP contribution in [-0.4, -0.2) is 12.6 Å². The summed E-state index contributed by atoms with van der Waals surface area (Å²) in [4.78, 5) is 2.49. The van der Waals surface area contributed by atoms with Gasteiger partial charge in [-0.1, -0.05) is 200 Å². The maximum atomic E-state index is 6.31. The van der Waals surface area contributed by atoms with Crippen LogP contribution in [0.25, 0.3) is 71.3 Å². The van der Waals surface area contributed by atoms with Gasteiger partial charge in [0, 0.05) is 38.6 Å². The van der Waals surface area contributed by atoms with Crippen LogP contribution in [0.5, 0.6) is 0 Å². The zero-order chi connectivity index (χ0) is 45.0. The quantitative estimate of drug-likeness (QED) is 0.106. The number of benzene rings is 11. The fourth-order valence-corrected chi connectivity index (χ4v) is 15.7. The molecule has 3 nitrogen and oxygen atoms in total. The molecule has 68 heavy (non-hydrogen) atoms. The second-order valence-corrected chi connectivity index (χ2v) is 21.4. The molecule has 11 aromatic carbocycles. The Kier molecular flexibility index (Phi) is 9.51. The lowest BCUT2D eigenvalue weighted by Crippen LogP contribution is -2.74. The molecular weight excluding hydrogens is 841 g/mol. The van der Waals surface area contributed by atoms with E-state index in [9.17, 15) is 0 Å². The molecular formula is C64H44N2OSi. The van der Waals surface area contributed by atoms with Gasteiger partial charge < -0.3 is 13.9 Å². The van der Waals surface area contributed by atoms with Crippen LogP contribution in [-0.2, 0) is 0 Å². The van der Waals surface area contributed by atoms with Crippen LogP contribution in [0.2, 0.25) is 0 Å². The number of hydrogen-bond donors (Lipinski definition) is 0. The molecule has 0 aliphatic heterocycles. The number of para-hydroxylation sites is 2. The van der Waals surface area contributed by atoms with E-state index in [1.807, 2.05) is 12.1 Å². The normalized spacial score (nSPS) is 11.8. The lowest BCUT2D eigenvalue weighted by Gasteiger charge is -2.35. The fourth-order valence-electron chi connectivity index (χ4n) is 11.0. The minimum atomic E-state index is -2.87. The predicted octanol–water partition coefficient (Wildman–Crippen LogP) is 14.4. The molecule has 13 aromatic rings. The molecule has 0 saturated heterocycles. The van der Waals surface area contributed by atoms with Gasteiger partial charge in [-0.25, -0.2) is 0 Å². The molecule has 2 heterocycles. The van der Waals surface area contributed by atoms with E-state index in [0.717, 1.165) is 55.7 Å². The Morgan fingerprint density at radius 2 is 0.912 bits per heavy atom. The highest BCUT2D eigenvalue weighted by Gasteiger charge is 2.41. The maximum Gasteiger partial charge on any atom is 0.179 e. The van der Waals surface area contributed by atoms with Gasteiger partial charge in [0.05, 0.1) is 16.7 Å². The highest BCUT2D eigenvalue weighted by atomic mass is 28.3. The van der Waals surface area contributed by atoms with Crippen molar-refractivity contribution in [1.82, 2.24) is 4.57 Å². The summed E-state index contributed by atoms with van der Waals surface area (Å²) in [5.74, 6) is 0. The highest BCUT2D eigenvalue weighted by molar-refractivity contribution is 7.19. The number of fused-ring (bicyclic) bond motifs is 7. The van der Waals surface area contributed by atoms with Crippen molar-refractivity contribution in [2.75, 3.05) is 4.90 Å². The number of nitrogens with zero attached hydrogens (tertiary/aromatic N) is 2. The third kappa shape index (κ3) is 6.34. The summed E-state index contributed by atoms with van der Waals surface area (Å²) in [5, 5.41) is 12.4. The standard InChI is InChI=1S/C64H44N2OSi/c1-4-22-50(23-5-1)68(51-24-6-2-7-25-51,52-26-8-3-9-27-52)53-28-17-21-48(43-53)65(47-39-37-46(38-40-47)55-32-16-20-45-19-10-11-29-54(45)55)60-34-18-35-61-64(60)57-31-12-14-33-59(57)66(61)49-41-42-63-58(44-49)56-30-13-15-36-62(56)67-63/h1-44H. The van der Waals surface area contributed by atoms with E-state index in [0.29, 0.717) is 0 Å². The minimum Gasteiger partial charge on any atom is -0.456 e. The van der Waals surface area contributed by atoms with Gasteiger partial charge in [-0.05, 0) is 109 Å². The van der Waals surface area contributed by atoms with Gasteiger partial charge >= 0.3 is 0 Å². The van der Waals surface area contributed by atoms with Crippen molar-refractivity contribution >= 4 is 100 Å². The van der Waals surface area contributed by atoms with Crippen molar-refractivity contribution < 1.29 is 4.42 Å². The molecule has 0 bridgehead atoms. The van der Waals surface area contributed by atoms with Gasteiger partial charge in [0.1, 0.15) is 11.2 Å². The average molecular weight is 885 g/mol. The van der Waals surface area contributed by atoms with Crippen molar-refractivity contribution in [1.29, 1.82) is 0 Å². The first-order valence-electron chi connectivity index (χ1n) is 23.3. The molecule has 0 fully saturated rings. The molecule has 0 atom stereocenters. The number of furan rings is 1. The van der Waals surface area contributed by atoms with Gasteiger partial charge in [0.15, 0.2) is 8.07 Å². The van der Waals surface area contributed by atoms with Crippen molar-refractivity contribution in [3.8, 4) is 16.8 Å². The Balaban J connectivity index is 1.07. The summed E-state index contributed by atoms with van der Waals surface area (Å²) in [6.07, 6.45) is 0. The maximum absolute atomic E-state index is 6.31. The van der Waals surface area contributed by atoms with E-state index in [4.69, 9.17) is 4.42 Å². The van der Waals surface area contributed by atoms with Gasteiger partial charge in [-0.3, -0.25) is 0 Å². The molecule has 0 amide bonds. The Hall–Kier alpha value is -8.70. The summed E-state index contributed by atoms with van der Waals surface area (Å²) in [5.41, 5.74) is 10.8. The molecule has 2 aromatic heterocycles. The lowest BCUT2D eigenvalue weighted by molar-refractivity contribution is 0.669. The molecule has 0 radical (unpaired) electrons. The van der Waals surface area contributed by atoms with E-state index in [1.54, 1.807) is 0 Å². The molecule has 320 valence electrons. The third-order valence-corrected chi connectivity index (χ3v) is 18.7. The van der Waals surface area contributed by atoms with E-state index < -0.39 is 8.07 Å².